The highest BCUT2D eigenvalue weighted by molar-refractivity contribution is 5.68. The first-order chi connectivity index (χ1) is 17.3. The van der Waals surface area contributed by atoms with E-state index in [-0.39, 0.29) is 12.1 Å². The van der Waals surface area contributed by atoms with Crippen molar-refractivity contribution in [2.75, 3.05) is 26.2 Å². The van der Waals surface area contributed by atoms with E-state index in [2.05, 4.69) is 17.0 Å². The first-order valence-corrected chi connectivity index (χ1v) is 13.6. The van der Waals surface area contributed by atoms with E-state index in [1.54, 1.807) is 0 Å². The van der Waals surface area contributed by atoms with Gasteiger partial charge in [-0.3, -0.25) is 0 Å². The number of unbranched alkanes of at least 4 members (excludes halogenated alkanes) is 3. The molecule has 0 spiro atoms. The van der Waals surface area contributed by atoms with Crippen LogP contribution in [0.4, 0.5) is 4.79 Å². The molecule has 1 saturated heterocycles. The molecule has 4 rings (SSSR count). The fraction of sp³-hybridized carbons (Fsp3) is 0.567. The van der Waals surface area contributed by atoms with Gasteiger partial charge in [0, 0.05) is 19.2 Å². The Bertz CT molecular complexity index is 848. The number of carbonyl (C=O) groups is 1. The molecular weight excluding hydrogens is 436 g/mol. The van der Waals surface area contributed by atoms with Crippen LogP contribution in [0.1, 0.15) is 68.9 Å². The summed E-state index contributed by atoms with van der Waals surface area (Å²) in [6.45, 7) is 5.65. The largest absolute Gasteiger partial charge is 0.445 e. The molecule has 1 aliphatic heterocycles. The predicted octanol–water partition coefficient (Wildman–Crippen LogP) is 6.42. The fourth-order valence-corrected chi connectivity index (χ4v) is 5.09. The molecule has 35 heavy (non-hydrogen) atoms. The molecule has 0 bridgehead atoms. The second-order valence-electron chi connectivity index (χ2n) is 10.1. The topological polar surface area (TPSA) is 42.0 Å². The van der Waals surface area contributed by atoms with Crippen LogP contribution in [-0.4, -0.2) is 54.3 Å². The molecule has 2 fully saturated rings. The van der Waals surface area contributed by atoms with Gasteiger partial charge in [0.15, 0.2) is 0 Å². The van der Waals surface area contributed by atoms with Crippen LogP contribution in [0, 0.1) is 0 Å². The van der Waals surface area contributed by atoms with Crippen LogP contribution in [-0.2, 0) is 22.6 Å². The smallest absolute Gasteiger partial charge is 0.410 e. The summed E-state index contributed by atoms with van der Waals surface area (Å²) in [5, 5.41) is 0. The van der Waals surface area contributed by atoms with Gasteiger partial charge < -0.3 is 19.3 Å². The third-order valence-corrected chi connectivity index (χ3v) is 7.39. The molecule has 1 aliphatic carbocycles. The monoisotopic (exact) mass is 478 g/mol. The second kappa shape index (κ2) is 14.3. The summed E-state index contributed by atoms with van der Waals surface area (Å²) < 4.78 is 11.9. The van der Waals surface area contributed by atoms with Crippen molar-refractivity contribution in [2.24, 2.45) is 0 Å². The number of likely N-dealkylation sites (tertiary alicyclic amines) is 1. The Morgan fingerprint density at radius 2 is 1.49 bits per heavy atom. The van der Waals surface area contributed by atoms with E-state index in [0.717, 1.165) is 49.8 Å². The molecular formula is C30H42N2O3. The molecule has 0 N–H and O–H groups in total. The standard InChI is InChI=1S/C30H42N2O3/c33-30(35-25-27-14-7-4-8-15-27)32(24-26-12-5-3-6-13-26)28-16-18-29(19-17-28)34-23-10-2-1-9-20-31-21-11-22-31/h3-8,12-15,28-29H,1-2,9-11,16-25H2. The summed E-state index contributed by atoms with van der Waals surface area (Å²) >= 11 is 0. The SMILES string of the molecule is O=C(OCc1ccccc1)N(Cc1ccccc1)C1CCC(OCCCCCCN2CCC2)CC1. The minimum Gasteiger partial charge on any atom is -0.445 e. The normalized spacial score (nSPS) is 20.2. The molecule has 2 aliphatic rings. The lowest BCUT2D eigenvalue weighted by Crippen LogP contribution is -2.43. The minimum atomic E-state index is -0.222. The number of benzene rings is 2. The number of amides is 1. The Kier molecular flexibility index (Phi) is 10.5. The van der Waals surface area contributed by atoms with Crippen LogP contribution >= 0.6 is 0 Å². The lowest BCUT2D eigenvalue weighted by Gasteiger charge is -2.36. The molecule has 0 aromatic heterocycles. The molecule has 0 atom stereocenters. The Morgan fingerprint density at radius 1 is 0.829 bits per heavy atom. The zero-order chi connectivity index (χ0) is 24.1. The highest BCUT2D eigenvalue weighted by Crippen LogP contribution is 2.27. The molecule has 2 aromatic rings. The van der Waals surface area contributed by atoms with Gasteiger partial charge >= 0.3 is 6.09 Å². The Labute approximate surface area is 211 Å². The van der Waals surface area contributed by atoms with E-state index < -0.39 is 0 Å². The molecule has 1 saturated carbocycles. The minimum absolute atomic E-state index is 0.194. The summed E-state index contributed by atoms with van der Waals surface area (Å²) in [7, 11) is 0. The van der Waals surface area contributed by atoms with Crippen LogP contribution in [0.2, 0.25) is 0 Å². The summed E-state index contributed by atoms with van der Waals surface area (Å²) in [5.41, 5.74) is 2.15. The van der Waals surface area contributed by atoms with Gasteiger partial charge in [0.1, 0.15) is 6.61 Å². The lowest BCUT2D eigenvalue weighted by atomic mass is 9.91. The average Bonchev–Trinajstić information content (AvgIpc) is 2.88. The molecule has 1 amide bonds. The van der Waals surface area contributed by atoms with Gasteiger partial charge in [-0.1, -0.05) is 73.5 Å². The third kappa shape index (κ3) is 8.66. The number of ether oxygens (including phenoxy) is 2. The number of carbonyl (C=O) groups excluding carboxylic acids is 1. The summed E-state index contributed by atoms with van der Waals surface area (Å²) in [5.74, 6) is 0. The van der Waals surface area contributed by atoms with Crippen LogP contribution in [0.5, 0.6) is 0 Å². The fourth-order valence-electron chi connectivity index (χ4n) is 5.09. The van der Waals surface area contributed by atoms with E-state index in [4.69, 9.17) is 9.47 Å². The predicted molar refractivity (Wildman–Crippen MR) is 140 cm³/mol. The first kappa shape index (κ1) is 25.7. The zero-order valence-corrected chi connectivity index (χ0v) is 21.2. The molecule has 5 nitrogen and oxygen atoms in total. The van der Waals surface area contributed by atoms with Gasteiger partial charge in [-0.2, -0.15) is 0 Å². The zero-order valence-electron chi connectivity index (χ0n) is 21.2. The van der Waals surface area contributed by atoms with Gasteiger partial charge in [-0.05, 0) is 75.7 Å². The Hall–Kier alpha value is -2.37. The maximum Gasteiger partial charge on any atom is 0.410 e. The van der Waals surface area contributed by atoms with Gasteiger partial charge in [0.25, 0.3) is 0 Å². The maximum absolute atomic E-state index is 13.1. The highest BCUT2D eigenvalue weighted by atomic mass is 16.6. The lowest BCUT2D eigenvalue weighted by molar-refractivity contribution is 0.00191. The van der Waals surface area contributed by atoms with Crippen molar-refractivity contribution in [2.45, 2.75) is 83.1 Å². The van der Waals surface area contributed by atoms with Crippen molar-refractivity contribution in [3.8, 4) is 0 Å². The Morgan fingerprint density at radius 3 is 2.14 bits per heavy atom. The summed E-state index contributed by atoms with van der Waals surface area (Å²) in [4.78, 5) is 17.6. The van der Waals surface area contributed by atoms with E-state index in [9.17, 15) is 4.79 Å². The third-order valence-electron chi connectivity index (χ3n) is 7.39. The van der Waals surface area contributed by atoms with Crippen LogP contribution in [0.15, 0.2) is 60.7 Å². The average molecular weight is 479 g/mol. The molecule has 2 aromatic carbocycles. The maximum atomic E-state index is 13.1. The van der Waals surface area contributed by atoms with Crippen molar-refractivity contribution in [3.05, 3.63) is 71.8 Å². The number of hydrogen-bond donors (Lipinski definition) is 0. The van der Waals surface area contributed by atoms with Crippen molar-refractivity contribution in [1.29, 1.82) is 0 Å². The van der Waals surface area contributed by atoms with E-state index >= 15 is 0 Å². The molecule has 190 valence electrons. The van der Waals surface area contributed by atoms with E-state index in [0.29, 0.717) is 19.3 Å². The van der Waals surface area contributed by atoms with Crippen LogP contribution in [0.25, 0.3) is 0 Å². The Balaban J connectivity index is 1.19. The van der Waals surface area contributed by atoms with Gasteiger partial charge in [0.05, 0.1) is 6.10 Å². The van der Waals surface area contributed by atoms with Gasteiger partial charge in [0.2, 0.25) is 0 Å². The number of hydrogen-bond acceptors (Lipinski definition) is 4. The van der Waals surface area contributed by atoms with Crippen molar-refractivity contribution in [1.82, 2.24) is 9.80 Å². The number of nitrogens with zero attached hydrogens (tertiary/aromatic N) is 2. The van der Waals surface area contributed by atoms with Gasteiger partial charge in [-0.25, -0.2) is 4.79 Å². The highest BCUT2D eigenvalue weighted by Gasteiger charge is 2.30. The van der Waals surface area contributed by atoms with Crippen LogP contribution in [0.3, 0.4) is 0 Å². The summed E-state index contributed by atoms with van der Waals surface area (Å²) in [6.07, 6.45) is 10.5. The molecule has 5 heteroatoms. The van der Waals surface area contributed by atoms with Crippen molar-refractivity contribution < 1.29 is 14.3 Å². The first-order valence-electron chi connectivity index (χ1n) is 13.6. The van der Waals surface area contributed by atoms with Gasteiger partial charge in [-0.15, -0.1) is 0 Å². The van der Waals surface area contributed by atoms with Crippen molar-refractivity contribution in [3.63, 3.8) is 0 Å². The molecule has 1 heterocycles. The summed E-state index contributed by atoms with van der Waals surface area (Å²) in [6, 6.07) is 20.3. The number of rotatable bonds is 13. The van der Waals surface area contributed by atoms with E-state index in [1.165, 1.54) is 45.3 Å². The van der Waals surface area contributed by atoms with Crippen LogP contribution < -0.4 is 0 Å². The van der Waals surface area contributed by atoms with E-state index in [1.807, 2.05) is 53.4 Å². The second-order valence-corrected chi connectivity index (χ2v) is 10.1. The molecule has 0 radical (unpaired) electrons. The quantitative estimate of drug-likeness (QED) is 0.312. The molecule has 0 unspecified atom stereocenters. The van der Waals surface area contributed by atoms with Crippen molar-refractivity contribution >= 4 is 6.09 Å².